The van der Waals surface area contributed by atoms with E-state index in [4.69, 9.17) is 5.11 Å². The van der Waals surface area contributed by atoms with Crippen LogP contribution >= 0.6 is 0 Å². The lowest BCUT2D eigenvalue weighted by molar-refractivity contribution is -0.127. The Labute approximate surface area is 92.3 Å². The van der Waals surface area contributed by atoms with Crippen molar-refractivity contribution in [2.45, 2.75) is 52.0 Å². The number of aliphatic hydroxyl groups excluding tert-OH is 1. The molecule has 0 bridgehead atoms. The number of carbonyl (C=O) groups excluding carboxylic acids is 1. The van der Waals surface area contributed by atoms with E-state index >= 15 is 0 Å². The minimum absolute atomic E-state index is 0.0470. The van der Waals surface area contributed by atoms with Gasteiger partial charge in [0.1, 0.15) is 0 Å². The predicted octanol–water partition coefficient (Wildman–Crippen LogP) is 1.70. The molecule has 0 aliphatic heterocycles. The summed E-state index contributed by atoms with van der Waals surface area (Å²) in [6, 6.07) is -0.0585. The van der Waals surface area contributed by atoms with E-state index in [2.05, 4.69) is 12.2 Å². The molecule has 3 nitrogen and oxygen atoms in total. The maximum atomic E-state index is 11.8. The molecular formula is C12H23NO2. The Morgan fingerprint density at radius 1 is 1.40 bits per heavy atom. The zero-order valence-electron chi connectivity index (χ0n) is 9.83. The van der Waals surface area contributed by atoms with Gasteiger partial charge in [0.25, 0.3) is 0 Å². The van der Waals surface area contributed by atoms with E-state index < -0.39 is 0 Å². The molecule has 3 heteroatoms. The largest absolute Gasteiger partial charge is 0.394 e. The molecular weight excluding hydrogens is 190 g/mol. The van der Waals surface area contributed by atoms with E-state index in [1.165, 1.54) is 0 Å². The minimum atomic E-state index is -0.0585. The molecule has 0 aromatic heterocycles. The van der Waals surface area contributed by atoms with Crippen molar-refractivity contribution in [3.05, 3.63) is 0 Å². The van der Waals surface area contributed by atoms with Crippen molar-refractivity contribution in [1.29, 1.82) is 0 Å². The smallest absolute Gasteiger partial charge is 0.223 e. The summed E-state index contributed by atoms with van der Waals surface area (Å²) < 4.78 is 0. The van der Waals surface area contributed by atoms with Crippen molar-refractivity contribution >= 4 is 5.91 Å². The normalized spacial score (nSPS) is 28.5. The van der Waals surface area contributed by atoms with E-state index in [0.29, 0.717) is 0 Å². The van der Waals surface area contributed by atoms with Crippen LogP contribution < -0.4 is 5.32 Å². The third-order valence-electron chi connectivity index (χ3n) is 3.45. The summed E-state index contributed by atoms with van der Waals surface area (Å²) in [5.41, 5.74) is 0. The van der Waals surface area contributed by atoms with Crippen LogP contribution in [0.25, 0.3) is 0 Å². The summed E-state index contributed by atoms with van der Waals surface area (Å²) >= 11 is 0. The van der Waals surface area contributed by atoms with Crippen LogP contribution in [-0.2, 0) is 4.79 Å². The molecule has 15 heavy (non-hydrogen) atoms. The zero-order valence-corrected chi connectivity index (χ0v) is 9.83. The second kappa shape index (κ2) is 6.11. The molecule has 1 fully saturated rings. The number of hydrogen-bond donors (Lipinski definition) is 2. The molecule has 0 radical (unpaired) electrons. The molecule has 0 heterocycles. The molecule has 0 aromatic carbocycles. The van der Waals surface area contributed by atoms with Crippen LogP contribution in [0.2, 0.25) is 0 Å². The van der Waals surface area contributed by atoms with E-state index in [1.54, 1.807) is 0 Å². The number of carbonyl (C=O) groups is 1. The molecule has 0 spiro atoms. The van der Waals surface area contributed by atoms with Gasteiger partial charge in [0.2, 0.25) is 5.91 Å². The maximum Gasteiger partial charge on any atom is 0.223 e. The van der Waals surface area contributed by atoms with Crippen molar-refractivity contribution in [2.24, 2.45) is 11.8 Å². The topological polar surface area (TPSA) is 49.3 Å². The van der Waals surface area contributed by atoms with Gasteiger partial charge in [0, 0.05) is 5.92 Å². The van der Waals surface area contributed by atoms with Gasteiger partial charge in [-0.1, -0.05) is 13.8 Å². The first-order valence-electron chi connectivity index (χ1n) is 6.08. The lowest BCUT2D eigenvalue weighted by Crippen LogP contribution is -2.41. The summed E-state index contributed by atoms with van der Waals surface area (Å²) in [5, 5.41) is 11.9. The fourth-order valence-electron chi connectivity index (χ4n) is 2.12. The quantitative estimate of drug-likeness (QED) is 0.746. The molecule has 0 saturated heterocycles. The van der Waals surface area contributed by atoms with Crippen LogP contribution in [0.1, 0.15) is 46.0 Å². The predicted molar refractivity (Wildman–Crippen MR) is 60.4 cm³/mol. The van der Waals surface area contributed by atoms with E-state index in [0.717, 1.165) is 38.0 Å². The Kier molecular flexibility index (Phi) is 5.09. The summed E-state index contributed by atoms with van der Waals surface area (Å²) in [5.74, 6) is 1.10. The molecule has 1 saturated carbocycles. The molecule has 88 valence electrons. The zero-order chi connectivity index (χ0) is 11.3. The first kappa shape index (κ1) is 12.5. The van der Waals surface area contributed by atoms with Crippen LogP contribution in [0.5, 0.6) is 0 Å². The van der Waals surface area contributed by atoms with Crippen LogP contribution in [0.4, 0.5) is 0 Å². The fraction of sp³-hybridized carbons (Fsp3) is 0.917. The Hall–Kier alpha value is -0.570. The summed E-state index contributed by atoms with van der Waals surface area (Å²) in [6.07, 6.45) is 5.14. The van der Waals surface area contributed by atoms with Gasteiger partial charge in [-0.3, -0.25) is 4.79 Å². The minimum Gasteiger partial charge on any atom is -0.394 e. The van der Waals surface area contributed by atoms with Gasteiger partial charge in [-0.25, -0.2) is 0 Å². The molecule has 0 unspecified atom stereocenters. The first-order chi connectivity index (χ1) is 7.17. The lowest BCUT2D eigenvalue weighted by atomic mass is 9.82. The van der Waals surface area contributed by atoms with Gasteiger partial charge in [0.15, 0.2) is 0 Å². The third kappa shape index (κ3) is 3.82. The molecule has 1 rings (SSSR count). The van der Waals surface area contributed by atoms with Gasteiger partial charge < -0.3 is 10.4 Å². The third-order valence-corrected chi connectivity index (χ3v) is 3.45. The van der Waals surface area contributed by atoms with Crippen molar-refractivity contribution in [3.63, 3.8) is 0 Å². The van der Waals surface area contributed by atoms with Gasteiger partial charge in [-0.15, -0.1) is 0 Å². The Morgan fingerprint density at radius 3 is 2.47 bits per heavy atom. The number of rotatable bonds is 4. The van der Waals surface area contributed by atoms with Gasteiger partial charge >= 0.3 is 0 Å². The SMILES string of the molecule is CC[C@@H](CO)NC(=O)C1CCC(C)CC1. The highest BCUT2D eigenvalue weighted by molar-refractivity contribution is 5.79. The lowest BCUT2D eigenvalue weighted by Gasteiger charge is -2.26. The van der Waals surface area contributed by atoms with Crippen molar-refractivity contribution in [3.8, 4) is 0 Å². The molecule has 1 amide bonds. The van der Waals surface area contributed by atoms with Crippen LogP contribution in [0, 0.1) is 11.8 Å². The summed E-state index contributed by atoms with van der Waals surface area (Å²) in [7, 11) is 0. The molecule has 1 atom stereocenters. The summed E-state index contributed by atoms with van der Waals surface area (Å²) in [4.78, 5) is 11.8. The average molecular weight is 213 g/mol. The highest BCUT2D eigenvalue weighted by Crippen LogP contribution is 2.28. The van der Waals surface area contributed by atoms with E-state index in [9.17, 15) is 4.79 Å². The van der Waals surface area contributed by atoms with Crippen LogP contribution in [0.3, 0.4) is 0 Å². The molecule has 1 aliphatic carbocycles. The Balaban J connectivity index is 2.33. The standard InChI is InChI=1S/C12H23NO2/c1-3-11(8-14)13-12(15)10-6-4-9(2)5-7-10/h9-11,14H,3-8H2,1-2H3,(H,13,15)/t9?,10?,11-/m0/s1. The second-order valence-corrected chi connectivity index (χ2v) is 4.75. The maximum absolute atomic E-state index is 11.8. The van der Waals surface area contributed by atoms with Gasteiger partial charge in [0.05, 0.1) is 12.6 Å². The van der Waals surface area contributed by atoms with Gasteiger partial charge in [-0.05, 0) is 38.0 Å². The van der Waals surface area contributed by atoms with Crippen molar-refractivity contribution < 1.29 is 9.90 Å². The molecule has 2 N–H and O–H groups in total. The second-order valence-electron chi connectivity index (χ2n) is 4.75. The van der Waals surface area contributed by atoms with Crippen LogP contribution in [-0.4, -0.2) is 23.7 Å². The monoisotopic (exact) mass is 213 g/mol. The van der Waals surface area contributed by atoms with Gasteiger partial charge in [-0.2, -0.15) is 0 Å². The number of amides is 1. The fourth-order valence-corrected chi connectivity index (χ4v) is 2.12. The number of aliphatic hydroxyl groups is 1. The highest BCUT2D eigenvalue weighted by Gasteiger charge is 2.25. The average Bonchev–Trinajstić information content (AvgIpc) is 2.26. The Bertz CT molecular complexity index is 194. The summed E-state index contributed by atoms with van der Waals surface area (Å²) in [6.45, 7) is 4.27. The van der Waals surface area contributed by atoms with Crippen molar-refractivity contribution in [1.82, 2.24) is 5.32 Å². The Morgan fingerprint density at radius 2 is 2.00 bits per heavy atom. The molecule has 1 aliphatic rings. The van der Waals surface area contributed by atoms with Crippen LogP contribution in [0.15, 0.2) is 0 Å². The van der Waals surface area contributed by atoms with E-state index in [-0.39, 0.29) is 24.5 Å². The van der Waals surface area contributed by atoms with E-state index in [1.807, 2.05) is 6.92 Å². The highest BCUT2D eigenvalue weighted by atomic mass is 16.3. The van der Waals surface area contributed by atoms with Crippen molar-refractivity contribution in [2.75, 3.05) is 6.61 Å². The number of hydrogen-bond acceptors (Lipinski definition) is 2. The first-order valence-corrected chi connectivity index (χ1v) is 6.08. The molecule has 0 aromatic rings. The number of nitrogens with one attached hydrogen (secondary N) is 1.